The molecule has 0 bridgehead atoms. The summed E-state index contributed by atoms with van der Waals surface area (Å²) in [6, 6.07) is 5.25. The number of hydrogen-bond donors (Lipinski definition) is 0. The smallest absolute Gasteiger partial charge is 0.268 e. The van der Waals surface area contributed by atoms with E-state index in [1.165, 1.54) is 40.7 Å². The van der Waals surface area contributed by atoms with Gasteiger partial charge in [0, 0.05) is 57.8 Å². The average molecular weight is 433 g/mol. The first kappa shape index (κ1) is 21.1. The molecule has 0 N–H and O–H groups in total. The van der Waals surface area contributed by atoms with Gasteiger partial charge in [0.15, 0.2) is 0 Å². The van der Waals surface area contributed by atoms with E-state index in [0.717, 1.165) is 0 Å². The molecule has 2 amide bonds. The summed E-state index contributed by atoms with van der Waals surface area (Å²) in [5, 5.41) is 0. The third-order valence-electron chi connectivity index (χ3n) is 5.95. The lowest BCUT2D eigenvalue weighted by atomic mass is 9.95. The van der Waals surface area contributed by atoms with Gasteiger partial charge in [-0.25, -0.2) is 13.2 Å². The van der Waals surface area contributed by atoms with Crippen LogP contribution in [0.1, 0.15) is 41.3 Å². The zero-order valence-electron chi connectivity index (χ0n) is 17.0. The molecule has 0 unspecified atom stereocenters. The molecule has 9 heteroatoms. The van der Waals surface area contributed by atoms with Crippen molar-refractivity contribution in [3.63, 3.8) is 0 Å². The van der Waals surface area contributed by atoms with E-state index in [1.807, 2.05) is 0 Å². The first-order chi connectivity index (χ1) is 14.7. The average Bonchev–Trinajstić information content (AvgIpc) is 2.73. The van der Waals surface area contributed by atoms with Crippen LogP contribution < -0.4 is 5.56 Å². The van der Waals surface area contributed by atoms with Crippen LogP contribution in [0.5, 0.6) is 0 Å². The molecule has 2 aromatic rings. The third-order valence-corrected chi connectivity index (χ3v) is 5.95. The first-order valence-electron chi connectivity index (χ1n) is 10.1. The van der Waals surface area contributed by atoms with Crippen molar-refractivity contribution < 1.29 is 22.8 Å². The molecule has 1 saturated heterocycles. The largest absolute Gasteiger partial charge is 0.338 e. The summed E-state index contributed by atoms with van der Waals surface area (Å²) in [5.41, 5.74) is 0.909. The fourth-order valence-corrected chi connectivity index (χ4v) is 4.13. The van der Waals surface area contributed by atoms with Gasteiger partial charge in [-0.2, -0.15) is 0 Å². The van der Waals surface area contributed by atoms with Crippen LogP contribution in [-0.4, -0.2) is 51.7 Å². The lowest BCUT2D eigenvalue weighted by Crippen LogP contribution is -2.46. The number of amides is 2. The van der Waals surface area contributed by atoms with Crippen LogP contribution in [0, 0.1) is 5.82 Å². The van der Waals surface area contributed by atoms with Crippen molar-refractivity contribution >= 4 is 11.8 Å². The van der Waals surface area contributed by atoms with Crippen LogP contribution in [0.15, 0.2) is 35.3 Å². The number of carbonyl (C=O) groups is 2. The highest BCUT2D eigenvalue weighted by molar-refractivity contribution is 5.96. The molecule has 0 aliphatic carbocycles. The molecule has 0 spiro atoms. The molecule has 0 atom stereocenters. The summed E-state index contributed by atoms with van der Waals surface area (Å²) in [6.07, 6.45) is 0.997. The van der Waals surface area contributed by atoms with Gasteiger partial charge in [0.2, 0.25) is 5.91 Å². The van der Waals surface area contributed by atoms with Gasteiger partial charge in [-0.3, -0.25) is 19.0 Å². The van der Waals surface area contributed by atoms with Crippen LogP contribution in [0.2, 0.25) is 0 Å². The number of piperidine rings is 1. The van der Waals surface area contributed by atoms with Gasteiger partial charge in [0.05, 0.1) is 0 Å². The summed E-state index contributed by atoms with van der Waals surface area (Å²) in [4.78, 5) is 41.4. The number of benzene rings is 1. The van der Waals surface area contributed by atoms with Crippen molar-refractivity contribution in [3.05, 3.63) is 63.3 Å². The second-order valence-corrected chi connectivity index (χ2v) is 8.00. The van der Waals surface area contributed by atoms with Crippen LogP contribution >= 0.6 is 0 Å². The summed E-state index contributed by atoms with van der Waals surface area (Å²) in [6.45, 7) is 1.77. The van der Waals surface area contributed by atoms with Crippen molar-refractivity contribution in [2.75, 3.05) is 19.6 Å². The molecule has 1 fully saturated rings. The molecular weight excluding hydrogens is 411 g/mol. The van der Waals surface area contributed by atoms with Gasteiger partial charge in [0.25, 0.3) is 17.4 Å². The Balaban J connectivity index is 1.81. The molecule has 2 aliphatic heterocycles. The molecule has 1 aromatic carbocycles. The predicted octanol–water partition coefficient (Wildman–Crippen LogP) is 2.75. The highest BCUT2D eigenvalue weighted by Gasteiger charge is 2.37. The Kier molecular flexibility index (Phi) is 5.36. The van der Waals surface area contributed by atoms with Gasteiger partial charge < -0.3 is 9.80 Å². The SMILES string of the molecule is CC(=O)N1CCc2c(cn(-c3ccc(F)cc3)c(=O)c2C(=O)N2CCC(F)(F)CC2)C1. The van der Waals surface area contributed by atoms with Crippen molar-refractivity contribution in [2.24, 2.45) is 0 Å². The summed E-state index contributed by atoms with van der Waals surface area (Å²) < 4.78 is 41.8. The van der Waals surface area contributed by atoms with E-state index in [2.05, 4.69) is 0 Å². The molecular formula is C22H22F3N3O3. The van der Waals surface area contributed by atoms with Crippen molar-refractivity contribution in [1.82, 2.24) is 14.4 Å². The van der Waals surface area contributed by atoms with Crippen LogP contribution in [0.4, 0.5) is 13.2 Å². The van der Waals surface area contributed by atoms with E-state index in [9.17, 15) is 27.6 Å². The summed E-state index contributed by atoms with van der Waals surface area (Å²) in [5.74, 6) is -3.99. The zero-order chi connectivity index (χ0) is 22.3. The number of pyridine rings is 1. The summed E-state index contributed by atoms with van der Waals surface area (Å²) in [7, 11) is 0. The lowest BCUT2D eigenvalue weighted by molar-refractivity contribution is -0.129. The second kappa shape index (κ2) is 7.86. The highest BCUT2D eigenvalue weighted by Crippen LogP contribution is 2.29. The number of hydrogen-bond acceptors (Lipinski definition) is 3. The number of nitrogens with zero attached hydrogens (tertiary/aromatic N) is 3. The molecule has 1 aromatic heterocycles. The lowest BCUT2D eigenvalue weighted by Gasteiger charge is -2.34. The van der Waals surface area contributed by atoms with Crippen LogP contribution in [-0.2, 0) is 17.8 Å². The summed E-state index contributed by atoms with van der Waals surface area (Å²) >= 11 is 0. The molecule has 31 heavy (non-hydrogen) atoms. The van der Waals surface area contributed by atoms with Gasteiger partial charge >= 0.3 is 0 Å². The molecule has 0 radical (unpaired) electrons. The van der Waals surface area contributed by atoms with Crippen molar-refractivity contribution in [2.45, 2.75) is 38.7 Å². The van der Waals surface area contributed by atoms with E-state index in [1.54, 1.807) is 11.1 Å². The normalized spacial score (nSPS) is 17.9. The molecule has 164 valence electrons. The Labute approximate surface area is 176 Å². The highest BCUT2D eigenvalue weighted by atomic mass is 19.3. The van der Waals surface area contributed by atoms with Crippen molar-refractivity contribution in [1.29, 1.82) is 0 Å². The van der Waals surface area contributed by atoms with Gasteiger partial charge in [-0.05, 0) is 41.8 Å². The quantitative estimate of drug-likeness (QED) is 0.732. The number of carbonyl (C=O) groups excluding carboxylic acids is 2. The van der Waals surface area contributed by atoms with Gasteiger partial charge in [-0.15, -0.1) is 0 Å². The predicted molar refractivity (Wildman–Crippen MR) is 107 cm³/mol. The minimum absolute atomic E-state index is 0.0600. The maximum absolute atomic E-state index is 13.6. The maximum Gasteiger partial charge on any atom is 0.268 e. The number of fused-ring (bicyclic) bond motifs is 1. The van der Waals surface area contributed by atoms with Crippen molar-refractivity contribution in [3.8, 4) is 5.69 Å². The monoisotopic (exact) mass is 433 g/mol. The molecule has 3 heterocycles. The topological polar surface area (TPSA) is 62.6 Å². The second-order valence-electron chi connectivity index (χ2n) is 8.00. The Bertz CT molecular complexity index is 1090. The van der Waals surface area contributed by atoms with Gasteiger partial charge in [-0.1, -0.05) is 0 Å². The van der Waals surface area contributed by atoms with Crippen LogP contribution in [0.25, 0.3) is 5.69 Å². The Morgan fingerprint density at radius 3 is 2.26 bits per heavy atom. The minimum Gasteiger partial charge on any atom is -0.338 e. The van der Waals surface area contributed by atoms with Crippen LogP contribution in [0.3, 0.4) is 0 Å². The maximum atomic E-state index is 13.6. The third kappa shape index (κ3) is 4.08. The Morgan fingerprint density at radius 2 is 1.65 bits per heavy atom. The molecule has 6 nitrogen and oxygen atoms in total. The Hall–Kier alpha value is -3.10. The van der Waals surface area contributed by atoms with E-state index in [-0.39, 0.29) is 31.1 Å². The Morgan fingerprint density at radius 1 is 1.00 bits per heavy atom. The molecule has 0 saturated carbocycles. The number of halogens is 3. The first-order valence-corrected chi connectivity index (χ1v) is 10.1. The number of rotatable bonds is 2. The van der Waals surface area contributed by atoms with E-state index in [4.69, 9.17) is 0 Å². The number of aromatic nitrogens is 1. The fourth-order valence-electron chi connectivity index (χ4n) is 4.13. The van der Waals surface area contributed by atoms with E-state index < -0.39 is 36.0 Å². The number of likely N-dealkylation sites (tertiary alicyclic amines) is 1. The van der Waals surface area contributed by atoms with E-state index >= 15 is 0 Å². The number of alkyl halides is 2. The standard InChI is InChI=1S/C22H22F3N3O3/c1-14(29)27-9-6-18-15(12-27)13-28(17-4-2-16(23)3-5-17)21(31)19(18)20(30)26-10-7-22(24,25)8-11-26/h2-5,13H,6-12H2,1H3. The van der Waals surface area contributed by atoms with Gasteiger partial charge in [0.1, 0.15) is 11.4 Å². The fraction of sp³-hybridized carbons (Fsp3) is 0.409. The molecule has 4 rings (SSSR count). The van der Waals surface area contributed by atoms with E-state index in [0.29, 0.717) is 29.8 Å². The minimum atomic E-state index is -2.82. The molecule has 2 aliphatic rings. The zero-order valence-corrected chi connectivity index (χ0v) is 17.0.